The van der Waals surface area contributed by atoms with Crippen molar-refractivity contribution in [1.82, 2.24) is 0 Å². The van der Waals surface area contributed by atoms with E-state index in [1.54, 1.807) is 0 Å². The minimum Gasteiger partial charge on any atom is -0.406 e. The monoisotopic (exact) mass is 340 g/mol. The number of ether oxygens (including phenoxy) is 1. The summed E-state index contributed by atoms with van der Waals surface area (Å²) in [6.45, 7) is 0. The van der Waals surface area contributed by atoms with Gasteiger partial charge in [0.2, 0.25) is 5.91 Å². The maximum atomic E-state index is 12.2. The fourth-order valence-corrected chi connectivity index (χ4v) is 1.90. The number of alkyl halides is 3. The minimum atomic E-state index is -4.82. The Morgan fingerprint density at radius 2 is 1.83 bits per heavy atom. The number of amides is 1. The third-order valence-electron chi connectivity index (χ3n) is 2.86. The Bertz CT molecular complexity index is 745. The molecule has 1 amide bonds. The molecule has 6 nitrogen and oxygen atoms in total. The molecule has 9 heteroatoms. The van der Waals surface area contributed by atoms with Gasteiger partial charge in [0.15, 0.2) is 0 Å². The number of carbonyl (C=O) groups excluding carboxylic acids is 1. The van der Waals surface area contributed by atoms with Crippen molar-refractivity contribution in [2.24, 2.45) is 0 Å². The lowest BCUT2D eigenvalue weighted by Gasteiger charge is -2.10. The number of nitro benzene ring substituents is 1. The van der Waals surface area contributed by atoms with Crippen LogP contribution in [0.25, 0.3) is 0 Å². The molecule has 2 aromatic rings. The molecule has 0 heterocycles. The third-order valence-corrected chi connectivity index (χ3v) is 2.86. The molecular weight excluding hydrogens is 329 g/mol. The van der Waals surface area contributed by atoms with Crippen LogP contribution in [-0.4, -0.2) is 17.2 Å². The van der Waals surface area contributed by atoms with Crippen LogP contribution in [0.4, 0.5) is 24.5 Å². The van der Waals surface area contributed by atoms with Crippen LogP contribution in [0.5, 0.6) is 5.75 Å². The summed E-state index contributed by atoms with van der Waals surface area (Å²) in [5, 5.41) is 13.0. The highest BCUT2D eigenvalue weighted by molar-refractivity contribution is 5.92. The standard InChI is InChI=1S/C15H11F3N2O4/c16-15(17,18)24-13-3-1-2-11(9-13)19-14(21)8-10-4-6-12(7-5-10)20(22)23/h1-7,9H,8H2,(H,19,21). The average molecular weight is 340 g/mol. The summed E-state index contributed by atoms with van der Waals surface area (Å²) < 4.78 is 40.2. The first-order valence-corrected chi connectivity index (χ1v) is 6.62. The van der Waals surface area contributed by atoms with Gasteiger partial charge in [0.25, 0.3) is 5.69 Å². The van der Waals surface area contributed by atoms with Gasteiger partial charge >= 0.3 is 6.36 Å². The molecule has 0 radical (unpaired) electrons. The van der Waals surface area contributed by atoms with Gasteiger partial charge in [-0.1, -0.05) is 18.2 Å². The van der Waals surface area contributed by atoms with Gasteiger partial charge in [0.1, 0.15) is 5.75 Å². The Morgan fingerprint density at radius 3 is 2.42 bits per heavy atom. The minimum absolute atomic E-state index is 0.0810. The number of benzene rings is 2. The van der Waals surface area contributed by atoms with E-state index in [1.165, 1.54) is 36.4 Å². The lowest BCUT2D eigenvalue weighted by molar-refractivity contribution is -0.384. The zero-order chi connectivity index (χ0) is 17.7. The fourth-order valence-electron chi connectivity index (χ4n) is 1.90. The SMILES string of the molecule is O=C(Cc1ccc([N+](=O)[O-])cc1)Nc1cccc(OC(F)(F)F)c1. The third kappa shape index (κ3) is 5.27. The second-order valence-corrected chi connectivity index (χ2v) is 4.72. The molecule has 1 N–H and O–H groups in total. The molecule has 0 bridgehead atoms. The molecule has 0 aliphatic heterocycles. The average Bonchev–Trinajstić information content (AvgIpc) is 2.46. The number of nitrogens with zero attached hydrogens (tertiary/aromatic N) is 1. The molecule has 2 aromatic carbocycles. The highest BCUT2D eigenvalue weighted by atomic mass is 19.4. The molecule has 0 unspecified atom stereocenters. The van der Waals surface area contributed by atoms with Gasteiger partial charge in [-0.15, -0.1) is 13.2 Å². The lowest BCUT2D eigenvalue weighted by Crippen LogP contribution is -2.18. The second-order valence-electron chi connectivity index (χ2n) is 4.72. The summed E-state index contributed by atoms with van der Waals surface area (Å²) in [5.41, 5.74) is 0.570. The van der Waals surface area contributed by atoms with E-state index in [0.717, 1.165) is 12.1 Å². The molecule has 0 aromatic heterocycles. The Labute approximate surface area is 134 Å². The maximum absolute atomic E-state index is 12.2. The van der Waals surface area contributed by atoms with Crippen molar-refractivity contribution < 1.29 is 27.6 Å². The topological polar surface area (TPSA) is 81.5 Å². The molecule has 2 rings (SSSR count). The summed E-state index contributed by atoms with van der Waals surface area (Å²) in [6, 6.07) is 10.3. The predicted molar refractivity (Wildman–Crippen MR) is 78.6 cm³/mol. The molecule has 0 aliphatic carbocycles. The molecular formula is C15H11F3N2O4. The lowest BCUT2D eigenvalue weighted by atomic mass is 10.1. The summed E-state index contributed by atoms with van der Waals surface area (Å²) >= 11 is 0. The van der Waals surface area contributed by atoms with Gasteiger partial charge in [-0.25, -0.2) is 0 Å². The number of halogens is 3. The van der Waals surface area contributed by atoms with Gasteiger partial charge in [-0.2, -0.15) is 0 Å². The van der Waals surface area contributed by atoms with Crippen molar-refractivity contribution in [1.29, 1.82) is 0 Å². The van der Waals surface area contributed by atoms with E-state index in [9.17, 15) is 28.1 Å². The van der Waals surface area contributed by atoms with Crippen LogP contribution in [0.15, 0.2) is 48.5 Å². The quantitative estimate of drug-likeness (QED) is 0.665. The van der Waals surface area contributed by atoms with Crippen LogP contribution in [0.2, 0.25) is 0 Å². The van der Waals surface area contributed by atoms with E-state index in [0.29, 0.717) is 5.56 Å². The number of anilines is 1. The van der Waals surface area contributed by atoms with Crippen molar-refractivity contribution >= 4 is 17.3 Å². The van der Waals surface area contributed by atoms with E-state index < -0.39 is 22.9 Å². The molecule has 0 saturated carbocycles. The van der Waals surface area contributed by atoms with Gasteiger partial charge in [-0.05, 0) is 17.7 Å². The molecule has 0 aliphatic rings. The number of nitrogens with one attached hydrogen (secondary N) is 1. The van der Waals surface area contributed by atoms with Crippen LogP contribution in [0.3, 0.4) is 0 Å². The molecule has 126 valence electrons. The fraction of sp³-hybridized carbons (Fsp3) is 0.133. The summed E-state index contributed by atoms with van der Waals surface area (Å²) in [4.78, 5) is 21.9. The van der Waals surface area contributed by atoms with Crippen molar-refractivity contribution in [2.45, 2.75) is 12.8 Å². The molecule has 24 heavy (non-hydrogen) atoms. The van der Waals surface area contributed by atoms with Crippen molar-refractivity contribution in [2.75, 3.05) is 5.32 Å². The maximum Gasteiger partial charge on any atom is 0.573 e. The van der Waals surface area contributed by atoms with Crippen molar-refractivity contribution in [3.63, 3.8) is 0 Å². The van der Waals surface area contributed by atoms with Gasteiger partial charge < -0.3 is 10.1 Å². The first kappa shape index (κ1) is 17.3. The van der Waals surface area contributed by atoms with Gasteiger partial charge in [0.05, 0.1) is 11.3 Å². The van der Waals surface area contributed by atoms with E-state index in [4.69, 9.17) is 0 Å². The highest BCUT2D eigenvalue weighted by Crippen LogP contribution is 2.25. The first-order chi connectivity index (χ1) is 11.2. The van der Waals surface area contributed by atoms with Crippen molar-refractivity contribution in [3.8, 4) is 5.75 Å². The number of rotatable bonds is 5. The van der Waals surface area contributed by atoms with Crippen LogP contribution in [-0.2, 0) is 11.2 Å². The number of hydrogen-bond donors (Lipinski definition) is 1. The molecule has 0 saturated heterocycles. The Balaban J connectivity index is 1.99. The predicted octanol–water partition coefficient (Wildman–Crippen LogP) is 3.67. The normalized spacial score (nSPS) is 11.0. The zero-order valence-corrected chi connectivity index (χ0v) is 12.0. The summed E-state index contributed by atoms with van der Waals surface area (Å²) in [5.74, 6) is -0.927. The van der Waals surface area contributed by atoms with Gasteiger partial charge in [-0.3, -0.25) is 14.9 Å². The van der Waals surface area contributed by atoms with E-state index in [1.807, 2.05) is 0 Å². The Hall–Kier alpha value is -3.10. The van der Waals surface area contributed by atoms with E-state index in [-0.39, 0.29) is 17.8 Å². The van der Waals surface area contributed by atoms with Crippen LogP contribution in [0.1, 0.15) is 5.56 Å². The molecule has 0 atom stereocenters. The largest absolute Gasteiger partial charge is 0.573 e. The number of carbonyl (C=O) groups is 1. The second kappa shape index (κ2) is 6.99. The van der Waals surface area contributed by atoms with Crippen LogP contribution < -0.4 is 10.1 Å². The van der Waals surface area contributed by atoms with Gasteiger partial charge in [0, 0.05) is 23.9 Å². The van der Waals surface area contributed by atoms with Crippen LogP contribution >= 0.6 is 0 Å². The van der Waals surface area contributed by atoms with Crippen LogP contribution in [0, 0.1) is 10.1 Å². The first-order valence-electron chi connectivity index (χ1n) is 6.62. The van der Waals surface area contributed by atoms with Crippen molar-refractivity contribution in [3.05, 3.63) is 64.2 Å². The smallest absolute Gasteiger partial charge is 0.406 e. The number of non-ortho nitro benzene ring substituents is 1. The highest BCUT2D eigenvalue weighted by Gasteiger charge is 2.31. The summed E-state index contributed by atoms with van der Waals surface area (Å²) in [7, 11) is 0. The Morgan fingerprint density at radius 1 is 1.17 bits per heavy atom. The number of nitro groups is 1. The molecule has 0 spiro atoms. The zero-order valence-electron chi connectivity index (χ0n) is 12.0. The number of hydrogen-bond acceptors (Lipinski definition) is 4. The Kier molecular flexibility index (Phi) is 5.02. The molecule has 0 fully saturated rings. The summed E-state index contributed by atoms with van der Waals surface area (Å²) in [6.07, 6.45) is -4.90. The van der Waals surface area contributed by atoms with E-state index in [2.05, 4.69) is 10.1 Å². The van der Waals surface area contributed by atoms with E-state index >= 15 is 0 Å².